The van der Waals surface area contributed by atoms with Crippen LogP contribution in [-0.4, -0.2) is 65.4 Å². The van der Waals surface area contributed by atoms with Crippen LogP contribution in [0.5, 0.6) is 0 Å². The number of fused-ring (bicyclic) bond motifs is 20. The molecule has 300 valence electrons. The van der Waals surface area contributed by atoms with Crippen molar-refractivity contribution < 1.29 is 38.9 Å². The Kier molecular flexibility index (Phi) is 9.22. The zero-order chi connectivity index (χ0) is 41.4. The summed E-state index contributed by atoms with van der Waals surface area (Å²) in [6.45, 7) is 2.94. The number of nitrogens with one attached hydrogen (secondary N) is 3. The first-order valence-electron chi connectivity index (χ1n) is 18.6. The van der Waals surface area contributed by atoms with Crippen molar-refractivity contribution in [2.24, 2.45) is 0 Å². The number of hydrogen-bond donors (Lipinski definition) is 6. The molecule has 6 N–H and O–H groups in total. The van der Waals surface area contributed by atoms with Crippen LogP contribution in [0.3, 0.4) is 0 Å². The molecule has 0 atom stereocenters. The first-order valence-corrected chi connectivity index (χ1v) is 22.9. The van der Waals surface area contributed by atoms with E-state index in [2.05, 4.69) is 22.2 Å². The molecule has 0 radical (unpaired) electrons. The Morgan fingerprint density at radius 2 is 0.898 bits per heavy atom. The lowest BCUT2D eigenvalue weighted by molar-refractivity contribution is 0.481. The van der Waals surface area contributed by atoms with Gasteiger partial charge in [0.05, 0.1) is 37.5 Å². The van der Waals surface area contributed by atoms with E-state index in [-0.39, 0.29) is 14.7 Å². The number of anilines is 1. The third-order valence-corrected chi connectivity index (χ3v) is 13.2. The largest absolute Gasteiger partial charge is 0.385 e. The average molecular weight is 850 g/mol. The van der Waals surface area contributed by atoms with Crippen LogP contribution in [-0.2, 0) is 30.4 Å². The summed E-state index contributed by atoms with van der Waals surface area (Å²) in [5, 5.41) is 6.04. The van der Waals surface area contributed by atoms with Crippen LogP contribution in [0.25, 0.3) is 88.6 Å². The lowest BCUT2D eigenvalue weighted by Crippen LogP contribution is -2.00. The number of rotatable bonds is 9. The lowest BCUT2D eigenvalue weighted by atomic mass is 10.0. The second-order valence-electron chi connectivity index (χ2n) is 14.5. The molecule has 2 aliphatic rings. The van der Waals surface area contributed by atoms with Gasteiger partial charge in [0, 0.05) is 78.1 Å². The topological polar surface area (TPSA) is 232 Å². The fourth-order valence-electron chi connectivity index (χ4n) is 7.78. The molecule has 5 heterocycles. The van der Waals surface area contributed by atoms with Crippen LogP contribution in [0.4, 0.5) is 5.69 Å². The van der Waals surface area contributed by atoms with Crippen LogP contribution in [0.15, 0.2) is 112 Å². The minimum absolute atomic E-state index is 0.327. The second kappa shape index (κ2) is 14.1. The summed E-state index contributed by atoms with van der Waals surface area (Å²) in [6.07, 6.45) is 4.38. The molecule has 4 aromatic carbocycles. The fourth-order valence-corrected chi connectivity index (χ4v) is 9.30. The van der Waals surface area contributed by atoms with Crippen molar-refractivity contribution >= 4 is 79.7 Å². The van der Waals surface area contributed by atoms with E-state index >= 15 is 0 Å². The Bertz CT molecular complexity index is 3410. The Morgan fingerprint density at radius 1 is 0.475 bits per heavy atom. The Labute approximate surface area is 338 Å². The number of unbranched alkanes of at least 4 members (excludes halogenated alkanes) is 3. The quantitative estimate of drug-likeness (QED) is 0.0590. The second-order valence-corrected chi connectivity index (χ2v) is 18.8. The maximum absolute atomic E-state index is 12.3. The number of hydrogen-bond acceptors (Lipinski definition) is 9. The van der Waals surface area contributed by atoms with Gasteiger partial charge >= 0.3 is 0 Å². The van der Waals surface area contributed by atoms with E-state index < -0.39 is 30.4 Å². The van der Waals surface area contributed by atoms with Crippen molar-refractivity contribution in [3.05, 3.63) is 97.1 Å². The van der Waals surface area contributed by atoms with Crippen LogP contribution < -0.4 is 5.32 Å². The van der Waals surface area contributed by atoms with E-state index in [4.69, 9.17) is 9.97 Å². The van der Waals surface area contributed by atoms with E-state index in [1.54, 1.807) is 24.3 Å². The molecule has 9 rings (SSSR count). The highest BCUT2D eigenvalue weighted by Gasteiger charge is 2.24. The molecule has 59 heavy (non-hydrogen) atoms. The molecule has 8 bridgehead atoms. The molecular formula is C42H35N5O9S3. The molecule has 0 amide bonds. The average Bonchev–Trinajstić information content (AvgIpc) is 3.91. The fraction of sp³-hybridized carbons (Fsp3) is 0.143. The highest BCUT2D eigenvalue weighted by molar-refractivity contribution is 7.86. The summed E-state index contributed by atoms with van der Waals surface area (Å²) >= 11 is 0. The normalized spacial score (nSPS) is 12.8. The summed E-state index contributed by atoms with van der Waals surface area (Å²) in [6, 6.07) is 25.4. The third kappa shape index (κ3) is 7.15. The SMILES string of the molecule is CCCCCCNc1ccc2c3cc4nc(cc5[nH]c(cc6nc(cc([nH]3)c2c1)-c1ccc(S(=O)(=O)O)cc1-6)c1ccc(S(=O)(=O)O)cc51)-c1ccc(S(=O)(=O)O)cc1-4. The Hall–Kier alpha value is -5.95. The standard InChI is InChI=1S/C42H35N5O9S3/c1-2-3-4-5-14-43-23-6-10-27-31(15-23)39-19-36-28-11-7-24(57(48,49)50)16-32(28)41(45-36)21-38-30-13-9-26(59(54,55)56)18-34(30)42(47-38)22-37-29-12-8-25(58(51,52)53)17-33(29)40(46-37)20-35(27)44-39/h6-13,15-22,43-44,47H,2-5,14H2,1H3,(H,48,49,50)(H,51,52,53)(H,54,55,56). The van der Waals surface area contributed by atoms with Gasteiger partial charge in [0.1, 0.15) is 0 Å². The van der Waals surface area contributed by atoms with Gasteiger partial charge in [-0.05, 0) is 79.2 Å². The molecule has 7 aromatic rings. The molecular weight excluding hydrogens is 815 g/mol. The predicted octanol–water partition coefficient (Wildman–Crippen LogP) is 9.02. The van der Waals surface area contributed by atoms with Crippen LogP contribution in [0.1, 0.15) is 32.6 Å². The van der Waals surface area contributed by atoms with Crippen molar-refractivity contribution in [2.75, 3.05) is 11.9 Å². The zero-order valence-corrected chi connectivity index (χ0v) is 33.6. The molecule has 0 spiro atoms. The number of benzene rings is 4. The van der Waals surface area contributed by atoms with E-state index in [0.717, 1.165) is 48.7 Å². The molecule has 3 aromatic heterocycles. The van der Waals surface area contributed by atoms with E-state index in [1.807, 2.05) is 24.3 Å². The third-order valence-electron chi connectivity index (χ3n) is 10.7. The van der Waals surface area contributed by atoms with Gasteiger partial charge in [-0.1, -0.05) is 50.5 Å². The van der Waals surface area contributed by atoms with Crippen molar-refractivity contribution in [2.45, 2.75) is 47.3 Å². The number of nitrogens with zero attached hydrogens (tertiary/aromatic N) is 2. The van der Waals surface area contributed by atoms with Crippen molar-refractivity contribution in [3.8, 4) is 45.0 Å². The van der Waals surface area contributed by atoms with Crippen LogP contribution in [0, 0.1) is 0 Å². The maximum atomic E-state index is 12.3. The Balaban J connectivity index is 1.41. The molecule has 2 aliphatic heterocycles. The van der Waals surface area contributed by atoms with E-state index in [0.29, 0.717) is 77.9 Å². The maximum Gasteiger partial charge on any atom is 0.294 e. The zero-order valence-electron chi connectivity index (χ0n) is 31.2. The van der Waals surface area contributed by atoms with Gasteiger partial charge in [0.15, 0.2) is 0 Å². The molecule has 0 aliphatic carbocycles. The molecule has 0 fully saturated rings. The van der Waals surface area contributed by atoms with Gasteiger partial charge in [-0.3, -0.25) is 13.7 Å². The van der Waals surface area contributed by atoms with Gasteiger partial charge in [0.25, 0.3) is 30.4 Å². The van der Waals surface area contributed by atoms with Gasteiger partial charge in [-0.2, -0.15) is 25.3 Å². The molecule has 0 saturated heterocycles. The first-order chi connectivity index (χ1) is 28.0. The number of aromatic nitrogens is 4. The summed E-state index contributed by atoms with van der Waals surface area (Å²) < 4.78 is 104. The highest BCUT2D eigenvalue weighted by Crippen LogP contribution is 2.42. The number of H-pyrrole nitrogens is 2. The minimum Gasteiger partial charge on any atom is -0.385 e. The molecule has 14 nitrogen and oxygen atoms in total. The first kappa shape index (κ1) is 38.6. The molecule has 0 unspecified atom stereocenters. The summed E-state index contributed by atoms with van der Waals surface area (Å²) in [5.74, 6) is 0. The van der Waals surface area contributed by atoms with Gasteiger partial charge in [-0.15, -0.1) is 0 Å². The summed E-state index contributed by atoms with van der Waals surface area (Å²) in [5.41, 5.74) is 6.48. The number of aromatic amines is 2. The highest BCUT2D eigenvalue weighted by atomic mass is 32.2. The predicted molar refractivity (Wildman–Crippen MR) is 227 cm³/mol. The van der Waals surface area contributed by atoms with Crippen molar-refractivity contribution in [3.63, 3.8) is 0 Å². The molecule has 0 saturated carbocycles. The van der Waals surface area contributed by atoms with Crippen LogP contribution >= 0.6 is 0 Å². The van der Waals surface area contributed by atoms with Gasteiger partial charge < -0.3 is 15.3 Å². The monoisotopic (exact) mass is 849 g/mol. The smallest absolute Gasteiger partial charge is 0.294 e. The van der Waals surface area contributed by atoms with E-state index in [9.17, 15) is 38.9 Å². The van der Waals surface area contributed by atoms with Crippen LogP contribution in [0.2, 0.25) is 0 Å². The van der Waals surface area contributed by atoms with Crippen molar-refractivity contribution in [1.29, 1.82) is 0 Å². The van der Waals surface area contributed by atoms with Gasteiger partial charge in [0.2, 0.25) is 0 Å². The van der Waals surface area contributed by atoms with Gasteiger partial charge in [-0.25, -0.2) is 9.97 Å². The lowest BCUT2D eigenvalue weighted by Gasteiger charge is -2.06. The molecule has 17 heteroatoms. The van der Waals surface area contributed by atoms with E-state index in [1.165, 1.54) is 48.5 Å². The summed E-state index contributed by atoms with van der Waals surface area (Å²) in [7, 11) is -13.8. The minimum atomic E-state index is -4.62. The summed E-state index contributed by atoms with van der Waals surface area (Å²) in [4.78, 5) is 15.7. The van der Waals surface area contributed by atoms with Crippen molar-refractivity contribution in [1.82, 2.24) is 19.9 Å². The Morgan fingerprint density at radius 3 is 1.39 bits per heavy atom.